The third kappa shape index (κ3) is 3.81. The van der Waals surface area contributed by atoms with Crippen LogP contribution < -0.4 is 0 Å². The molecule has 0 aliphatic heterocycles. The summed E-state index contributed by atoms with van der Waals surface area (Å²) in [5.41, 5.74) is 2.62. The minimum atomic E-state index is -0.214. The second-order valence-electron chi connectivity index (χ2n) is 5.72. The Kier molecular flexibility index (Phi) is 5.03. The van der Waals surface area contributed by atoms with Gasteiger partial charge in [-0.3, -0.25) is 9.59 Å². The molecule has 3 aromatic rings. The van der Waals surface area contributed by atoms with Crippen LogP contribution >= 0.6 is 23.2 Å². The van der Waals surface area contributed by atoms with E-state index in [2.05, 4.69) is 0 Å². The van der Waals surface area contributed by atoms with E-state index in [9.17, 15) is 9.59 Å². The van der Waals surface area contributed by atoms with Crippen molar-refractivity contribution < 1.29 is 9.59 Å². The van der Waals surface area contributed by atoms with Crippen molar-refractivity contribution in [2.45, 2.75) is 6.92 Å². The van der Waals surface area contributed by atoms with E-state index < -0.39 is 0 Å². The molecule has 0 atom stereocenters. The maximum Gasteiger partial charge on any atom is 0.193 e. The number of rotatable bonds is 4. The minimum Gasteiger partial charge on any atom is -0.289 e. The van der Waals surface area contributed by atoms with Gasteiger partial charge in [-0.1, -0.05) is 40.9 Å². The zero-order valence-electron chi connectivity index (χ0n) is 13.4. The molecule has 124 valence electrons. The van der Waals surface area contributed by atoms with E-state index >= 15 is 0 Å². The zero-order chi connectivity index (χ0) is 18.0. The molecule has 0 aliphatic carbocycles. The van der Waals surface area contributed by atoms with Crippen LogP contribution in [0.2, 0.25) is 10.0 Å². The van der Waals surface area contributed by atoms with Crippen LogP contribution in [0.4, 0.5) is 0 Å². The third-order valence-electron chi connectivity index (χ3n) is 3.88. The quantitative estimate of drug-likeness (QED) is 0.548. The smallest absolute Gasteiger partial charge is 0.193 e. The lowest BCUT2D eigenvalue weighted by Gasteiger charge is -2.10. The highest BCUT2D eigenvalue weighted by Crippen LogP contribution is 2.22. The number of carbonyl (C=O) groups excluding carboxylic acids is 2. The number of benzene rings is 3. The predicted molar refractivity (Wildman–Crippen MR) is 101 cm³/mol. The van der Waals surface area contributed by atoms with Crippen LogP contribution in [0, 0.1) is 6.92 Å². The molecule has 4 heteroatoms. The molecule has 0 saturated carbocycles. The maximum atomic E-state index is 12.9. The van der Waals surface area contributed by atoms with E-state index in [0.717, 1.165) is 5.56 Å². The van der Waals surface area contributed by atoms with Crippen LogP contribution in [0.1, 0.15) is 37.4 Å². The maximum absolute atomic E-state index is 12.9. The van der Waals surface area contributed by atoms with Gasteiger partial charge in [0.15, 0.2) is 11.6 Å². The first-order valence-electron chi connectivity index (χ1n) is 7.67. The predicted octanol–water partition coefficient (Wildman–Crippen LogP) is 5.76. The molecule has 0 heterocycles. The Morgan fingerprint density at radius 2 is 1.08 bits per heavy atom. The molecule has 0 aliphatic rings. The highest BCUT2D eigenvalue weighted by Gasteiger charge is 2.20. The average Bonchev–Trinajstić information content (AvgIpc) is 2.62. The summed E-state index contributed by atoms with van der Waals surface area (Å²) in [7, 11) is 0. The van der Waals surface area contributed by atoms with Crippen LogP contribution in [0.15, 0.2) is 66.7 Å². The van der Waals surface area contributed by atoms with E-state index in [0.29, 0.717) is 32.3 Å². The van der Waals surface area contributed by atoms with E-state index in [1.54, 1.807) is 60.7 Å². The Morgan fingerprint density at radius 3 is 1.56 bits per heavy atom. The molecule has 0 fully saturated rings. The van der Waals surface area contributed by atoms with Gasteiger partial charge in [0.05, 0.1) is 0 Å². The summed E-state index contributed by atoms with van der Waals surface area (Å²) in [4.78, 5) is 25.8. The molecule has 25 heavy (non-hydrogen) atoms. The van der Waals surface area contributed by atoms with Gasteiger partial charge in [-0.25, -0.2) is 0 Å². The number of ketones is 2. The Labute approximate surface area is 156 Å². The van der Waals surface area contributed by atoms with Gasteiger partial charge in [0, 0.05) is 32.3 Å². The number of halogens is 2. The molecule has 0 saturated heterocycles. The van der Waals surface area contributed by atoms with Gasteiger partial charge in [0.25, 0.3) is 0 Å². The first-order chi connectivity index (χ1) is 12.0. The summed E-state index contributed by atoms with van der Waals surface area (Å²) in [5, 5.41) is 1.11. The van der Waals surface area contributed by atoms with Gasteiger partial charge in [-0.2, -0.15) is 0 Å². The SMILES string of the molecule is Cc1ccc(C(=O)c2ccc(Cl)cc2)c(C(=O)c2ccc(Cl)cc2)c1. The molecule has 2 nitrogen and oxygen atoms in total. The van der Waals surface area contributed by atoms with Gasteiger partial charge in [0.2, 0.25) is 0 Å². The summed E-state index contributed by atoms with van der Waals surface area (Å²) in [6.07, 6.45) is 0. The fraction of sp³-hybridized carbons (Fsp3) is 0.0476. The highest BCUT2D eigenvalue weighted by atomic mass is 35.5. The molecule has 0 aromatic heterocycles. The summed E-state index contributed by atoms with van der Waals surface area (Å²) in [5.74, 6) is -0.424. The number of aryl methyl sites for hydroxylation is 1. The first kappa shape index (κ1) is 17.4. The van der Waals surface area contributed by atoms with Crippen LogP contribution in [-0.2, 0) is 0 Å². The normalized spacial score (nSPS) is 10.5. The second-order valence-corrected chi connectivity index (χ2v) is 6.59. The van der Waals surface area contributed by atoms with Crippen molar-refractivity contribution in [1.82, 2.24) is 0 Å². The Balaban J connectivity index is 2.06. The van der Waals surface area contributed by atoms with E-state index in [1.165, 1.54) is 0 Å². The Morgan fingerprint density at radius 1 is 0.640 bits per heavy atom. The summed E-state index contributed by atoms with van der Waals surface area (Å²) in [6, 6.07) is 18.5. The van der Waals surface area contributed by atoms with E-state index in [-0.39, 0.29) is 11.6 Å². The molecule has 0 radical (unpaired) electrons. The molecule has 3 rings (SSSR count). The number of hydrogen-bond donors (Lipinski definition) is 0. The topological polar surface area (TPSA) is 34.1 Å². The van der Waals surface area contributed by atoms with Gasteiger partial charge in [-0.05, 0) is 61.5 Å². The summed E-state index contributed by atoms with van der Waals surface area (Å²) in [6.45, 7) is 1.88. The van der Waals surface area contributed by atoms with Gasteiger partial charge < -0.3 is 0 Å². The van der Waals surface area contributed by atoms with Crippen molar-refractivity contribution in [3.8, 4) is 0 Å². The van der Waals surface area contributed by atoms with Crippen LogP contribution in [0.25, 0.3) is 0 Å². The first-order valence-corrected chi connectivity index (χ1v) is 8.42. The largest absolute Gasteiger partial charge is 0.289 e. The van der Waals surface area contributed by atoms with Crippen molar-refractivity contribution in [3.63, 3.8) is 0 Å². The summed E-state index contributed by atoms with van der Waals surface area (Å²) < 4.78 is 0. The van der Waals surface area contributed by atoms with Crippen molar-refractivity contribution >= 4 is 34.8 Å². The molecule has 0 amide bonds. The lowest BCUT2D eigenvalue weighted by Crippen LogP contribution is -2.11. The van der Waals surface area contributed by atoms with Crippen molar-refractivity contribution in [2.24, 2.45) is 0 Å². The molecule has 0 N–H and O–H groups in total. The number of hydrogen-bond acceptors (Lipinski definition) is 2. The zero-order valence-corrected chi connectivity index (χ0v) is 14.9. The second kappa shape index (κ2) is 7.22. The number of carbonyl (C=O) groups is 2. The Bertz CT molecular complexity index is 943. The highest BCUT2D eigenvalue weighted by molar-refractivity contribution is 6.31. The van der Waals surface area contributed by atoms with Crippen LogP contribution in [0.5, 0.6) is 0 Å². The molecule has 3 aromatic carbocycles. The third-order valence-corrected chi connectivity index (χ3v) is 4.38. The van der Waals surface area contributed by atoms with Crippen molar-refractivity contribution in [3.05, 3.63) is 105 Å². The Hall–Kier alpha value is -2.42. The summed E-state index contributed by atoms with van der Waals surface area (Å²) >= 11 is 11.8. The van der Waals surface area contributed by atoms with Gasteiger partial charge in [0.1, 0.15) is 0 Å². The minimum absolute atomic E-state index is 0.210. The monoisotopic (exact) mass is 368 g/mol. The molecular weight excluding hydrogens is 355 g/mol. The van der Waals surface area contributed by atoms with Crippen LogP contribution in [0.3, 0.4) is 0 Å². The molecular formula is C21H14Cl2O2. The lowest BCUT2D eigenvalue weighted by atomic mass is 9.92. The van der Waals surface area contributed by atoms with Gasteiger partial charge in [-0.15, -0.1) is 0 Å². The van der Waals surface area contributed by atoms with Crippen molar-refractivity contribution in [1.29, 1.82) is 0 Å². The lowest BCUT2D eigenvalue weighted by molar-refractivity contribution is 0.100. The van der Waals surface area contributed by atoms with E-state index in [4.69, 9.17) is 23.2 Å². The van der Waals surface area contributed by atoms with Gasteiger partial charge >= 0.3 is 0 Å². The standard InChI is InChI=1S/C21H14Cl2O2/c1-13-2-11-18(20(24)14-3-7-16(22)8-4-14)19(12-13)21(25)15-5-9-17(23)10-6-15/h2-12H,1H3. The molecule has 0 spiro atoms. The molecule has 0 bridgehead atoms. The fourth-order valence-corrected chi connectivity index (χ4v) is 2.81. The average molecular weight is 369 g/mol. The van der Waals surface area contributed by atoms with E-state index in [1.807, 2.05) is 13.0 Å². The van der Waals surface area contributed by atoms with Crippen LogP contribution in [-0.4, -0.2) is 11.6 Å². The van der Waals surface area contributed by atoms with Crippen molar-refractivity contribution in [2.75, 3.05) is 0 Å². The fourth-order valence-electron chi connectivity index (χ4n) is 2.56. The molecule has 0 unspecified atom stereocenters.